The number of ether oxygens (including phenoxy) is 3. The van der Waals surface area contributed by atoms with Gasteiger partial charge in [-0.2, -0.15) is 35.3 Å². The van der Waals surface area contributed by atoms with Crippen molar-refractivity contribution in [2.45, 2.75) is 51.2 Å². The average Bonchev–Trinajstić information content (AvgIpc) is 1.67. The van der Waals surface area contributed by atoms with Crippen LogP contribution in [0, 0.1) is 5.92 Å². The molecule has 0 saturated heterocycles. The zero-order chi connectivity index (χ0) is 100. The Balaban J connectivity index is 0.000000143. The van der Waals surface area contributed by atoms with Crippen LogP contribution in [0.5, 0.6) is 17.2 Å². The number of rotatable bonds is 22. The topological polar surface area (TPSA) is 237 Å². The van der Waals surface area contributed by atoms with Gasteiger partial charge in [0, 0.05) is 69.7 Å². The summed E-state index contributed by atoms with van der Waals surface area (Å²) in [4.78, 5) is 74.6. The molecule has 142 heavy (non-hydrogen) atoms. The third kappa shape index (κ3) is 32.3. The molecule has 0 amide bonds. The number of nitrogens with zero attached hydrogens (tertiary/aromatic N) is 12. The van der Waals surface area contributed by atoms with E-state index in [-0.39, 0.29) is 40.2 Å². The van der Waals surface area contributed by atoms with Crippen LogP contribution < -0.4 is 14.2 Å². The standard InChI is InChI=1S/3C19H13F3N2O2.C18H14N2O.C18H20N2O.C16H10Cl2N2OS/c20-19(21,22)26-17-9-5-4-8-16(17)18(25)24-13-12-15(23-24)11-10-14-6-2-1-3-7-14;20-19(21,22)26-17-8-4-7-15(13-17)18(25)24-12-11-16(23-24)10-9-14-5-2-1-3-6-14;20-19(21,22)26-17-10-7-15(8-11-17)18(25)24-13-12-16(23-24)9-6-14-4-2-1-3-5-14;21-18(16-9-5-2-6-10-16)20-14-13-17(19-20)12-11-15-7-3-1-4-8-15;21-18(14-16-8-4-5-9-16)20-13-12-17(19-20)11-10-15-6-2-1-3-7-15;17-13-3-1-4-14(18)12(13)7-6-11-8-9-19-20(11)16(21)15-5-2-10-22-15/h3*1-13H;1-14H;1-3,6-7,10-13,16H,4-5,8-9,14H2;1-10H/b11-10+;10-9+;9-6+;12-11+;11-10+;7-6+. The van der Waals surface area contributed by atoms with E-state index in [1.807, 2.05) is 236 Å². The van der Waals surface area contributed by atoms with Crippen molar-refractivity contribution in [1.82, 2.24) is 58.7 Å². The van der Waals surface area contributed by atoms with Crippen LogP contribution in [-0.4, -0.2) is 113 Å². The summed E-state index contributed by atoms with van der Waals surface area (Å²) in [6, 6.07) is 91.8. The van der Waals surface area contributed by atoms with E-state index >= 15 is 0 Å². The summed E-state index contributed by atoms with van der Waals surface area (Å²) < 4.78 is 130. The van der Waals surface area contributed by atoms with Gasteiger partial charge in [-0.15, -0.1) is 50.9 Å². The first-order valence-electron chi connectivity index (χ1n) is 43.6. The fourth-order valence-corrected chi connectivity index (χ4v) is 14.7. The summed E-state index contributed by atoms with van der Waals surface area (Å²) in [5, 5.41) is 28.0. The number of para-hydroxylation sites is 1. The lowest BCUT2D eigenvalue weighted by Crippen LogP contribution is -2.21. The van der Waals surface area contributed by atoms with Crippen LogP contribution in [0.2, 0.25) is 10.0 Å². The molecule has 0 aliphatic heterocycles. The summed E-state index contributed by atoms with van der Waals surface area (Å²) in [6.45, 7) is 0. The molecule has 0 spiro atoms. The van der Waals surface area contributed by atoms with Crippen molar-refractivity contribution in [2.75, 3.05) is 0 Å². The molecule has 1 fully saturated rings. The summed E-state index contributed by atoms with van der Waals surface area (Å²) in [7, 11) is 0. The highest BCUT2D eigenvalue weighted by Crippen LogP contribution is 2.32. The molecular weight excluding hydrogens is 1900 g/mol. The van der Waals surface area contributed by atoms with Crippen molar-refractivity contribution in [2.24, 2.45) is 5.92 Å². The highest BCUT2D eigenvalue weighted by molar-refractivity contribution is 7.12. The van der Waals surface area contributed by atoms with Gasteiger partial charge < -0.3 is 14.2 Å². The lowest BCUT2D eigenvalue weighted by molar-refractivity contribution is -0.275. The molecule has 0 bridgehead atoms. The number of hydrogen-bond donors (Lipinski definition) is 0. The SMILES string of the molecule is O=C(CC1CCCC1)n1ccc(/C=C/c2ccccc2)n1.O=C(c1ccc(OC(F)(F)F)cc1)n1ccc(/C=C/c2ccccc2)n1.O=C(c1cccc(OC(F)(F)F)c1)n1ccc(/C=C/c2ccccc2)n1.O=C(c1ccccc1)n1ccc(/C=C/c2ccccc2)n1.O=C(c1ccccc1OC(F)(F)F)n1ccc(/C=C/c2ccccc2)n1.O=C(c1cccs1)n1nccc1/C=C/c1c(Cl)cccc1Cl. The van der Waals surface area contributed by atoms with Gasteiger partial charge in [0.1, 0.15) is 17.2 Å². The largest absolute Gasteiger partial charge is 0.573 e. The Labute approximate surface area is 822 Å². The maximum Gasteiger partial charge on any atom is 0.573 e. The molecule has 17 aromatic rings. The van der Waals surface area contributed by atoms with Crippen molar-refractivity contribution >= 4 is 143 Å². The first-order chi connectivity index (χ1) is 68.5. The first-order valence-corrected chi connectivity index (χ1v) is 45.2. The maximum atomic E-state index is 12.5. The lowest BCUT2D eigenvalue weighted by atomic mass is 10.0. The van der Waals surface area contributed by atoms with Gasteiger partial charge in [-0.25, -0.2) is 23.4 Å². The second-order valence-electron chi connectivity index (χ2n) is 30.6. The predicted molar refractivity (Wildman–Crippen MR) is 532 cm³/mol. The Hall–Kier alpha value is -17.0. The van der Waals surface area contributed by atoms with Gasteiger partial charge in [-0.05, 0) is 216 Å². The molecule has 0 radical (unpaired) electrons. The van der Waals surface area contributed by atoms with Crippen molar-refractivity contribution in [1.29, 1.82) is 0 Å². The van der Waals surface area contributed by atoms with Gasteiger partial charge in [0.2, 0.25) is 5.91 Å². The minimum Gasteiger partial charge on any atom is -0.406 e. The molecule has 7 heterocycles. The van der Waals surface area contributed by atoms with Gasteiger partial charge in [0.25, 0.3) is 29.5 Å². The second kappa shape index (κ2) is 50.3. The second-order valence-corrected chi connectivity index (χ2v) is 32.4. The number of benzene rings is 10. The maximum absolute atomic E-state index is 12.5. The summed E-state index contributed by atoms with van der Waals surface area (Å²) in [6.07, 6.45) is 22.5. The number of carbonyl (C=O) groups is 6. The third-order valence-electron chi connectivity index (χ3n) is 20.3. The fourth-order valence-electron chi connectivity index (χ4n) is 13.5. The highest BCUT2D eigenvalue weighted by atomic mass is 35.5. The first kappa shape index (κ1) is 102. The van der Waals surface area contributed by atoms with Crippen LogP contribution in [0.3, 0.4) is 0 Å². The van der Waals surface area contributed by atoms with E-state index in [1.54, 1.807) is 110 Å². The minimum atomic E-state index is -4.88. The molecule has 716 valence electrons. The number of aromatic nitrogens is 12. The van der Waals surface area contributed by atoms with E-state index in [4.69, 9.17) is 23.2 Å². The van der Waals surface area contributed by atoms with Crippen molar-refractivity contribution < 1.29 is 82.5 Å². The Bertz CT molecular complexity index is 7200. The number of hydrogen-bond acceptors (Lipinski definition) is 16. The molecule has 0 atom stereocenters. The molecule has 1 saturated carbocycles. The Morgan fingerprint density at radius 3 is 1.13 bits per heavy atom. The van der Waals surface area contributed by atoms with E-state index in [9.17, 15) is 68.3 Å². The fraction of sp³-hybridized carbons (Fsp3) is 0.0826. The molecule has 10 aromatic carbocycles. The van der Waals surface area contributed by atoms with E-state index in [0.717, 1.165) is 83.6 Å². The molecule has 0 N–H and O–H groups in total. The molecular formula is C109H83Cl2F9N12O9S. The number of alkyl halides is 9. The quantitative estimate of drug-likeness (QED) is 0.0574. The van der Waals surface area contributed by atoms with Crippen LogP contribution in [0.4, 0.5) is 39.5 Å². The van der Waals surface area contributed by atoms with Gasteiger partial charge in [0.15, 0.2) is 0 Å². The Morgan fingerprint density at radius 2 is 0.704 bits per heavy atom. The number of halogens is 11. The van der Waals surface area contributed by atoms with Crippen molar-refractivity contribution in [3.8, 4) is 17.2 Å². The zero-order valence-electron chi connectivity index (χ0n) is 74.8. The van der Waals surface area contributed by atoms with E-state index < -0.39 is 48.3 Å². The van der Waals surface area contributed by atoms with Crippen LogP contribution in [-0.2, 0) is 0 Å². The monoisotopic (exact) mass is 1980 g/mol. The molecule has 18 rings (SSSR count). The van der Waals surface area contributed by atoms with Crippen LogP contribution in [0.25, 0.3) is 72.9 Å². The normalized spacial score (nSPS) is 12.1. The molecule has 7 aromatic heterocycles. The minimum absolute atomic E-state index is 0.0356. The van der Waals surface area contributed by atoms with Gasteiger partial charge in [0.05, 0.1) is 50.8 Å². The van der Waals surface area contributed by atoms with Gasteiger partial charge in [-0.3, -0.25) is 28.8 Å². The highest BCUT2D eigenvalue weighted by Gasteiger charge is 2.35. The zero-order valence-corrected chi connectivity index (χ0v) is 77.1. The summed E-state index contributed by atoms with van der Waals surface area (Å²) >= 11 is 13.6. The predicted octanol–water partition coefficient (Wildman–Crippen LogP) is 27.0. The summed E-state index contributed by atoms with van der Waals surface area (Å²) in [5.41, 5.74) is 10.3. The number of thiophene rings is 1. The van der Waals surface area contributed by atoms with Crippen LogP contribution >= 0.6 is 34.5 Å². The number of carbonyl (C=O) groups excluding carboxylic acids is 6. The van der Waals surface area contributed by atoms with E-state index in [0.29, 0.717) is 61.2 Å². The average molecular weight is 1980 g/mol. The Morgan fingerprint density at radius 1 is 0.338 bits per heavy atom. The molecule has 0 unspecified atom stereocenters. The van der Waals surface area contributed by atoms with Crippen molar-refractivity contribution in [3.63, 3.8) is 0 Å². The van der Waals surface area contributed by atoms with E-state index in [2.05, 4.69) is 44.8 Å². The van der Waals surface area contributed by atoms with Gasteiger partial charge in [-0.1, -0.05) is 267 Å². The third-order valence-corrected chi connectivity index (χ3v) is 21.9. The molecule has 33 heteroatoms. The van der Waals surface area contributed by atoms with Crippen LogP contribution in [0.15, 0.2) is 364 Å². The Kier molecular flexibility index (Phi) is 36.3. The lowest BCUT2D eigenvalue weighted by Gasteiger charge is -2.12. The van der Waals surface area contributed by atoms with Crippen LogP contribution in [0.1, 0.15) is 156 Å². The smallest absolute Gasteiger partial charge is 0.406 e. The van der Waals surface area contributed by atoms with Crippen molar-refractivity contribution in [3.05, 3.63) is 469 Å². The summed E-state index contributed by atoms with van der Waals surface area (Å²) in [5.74, 6) is -2.77. The molecule has 1 aliphatic carbocycles. The van der Waals surface area contributed by atoms with E-state index in [1.165, 1.54) is 112 Å². The molecule has 1 aliphatic rings. The van der Waals surface area contributed by atoms with Gasteiger partial charge >= 0.3 is 19.1 Å². The molecule has 21 nitrogen and oxygen atoms in total.